The molecule has 236 valence electrons. The maximum atomic E-state index is 16.1. The number of hydrogen-bond acceptors (Lipinski definition) is 6. The number of carbonyl (C=O) groups excluding carboxylic acids is 1. The Hall–Kier alpha value is -4.57. The molecule has 7 nitrogen and oxygen atoms in total. The van der Waals surface area contributed by atoms with Gasteiger partial charge >= 0.3 is 5.97 Å². The maximum Gasteiger partial charge on any atom is 0.337 e. The van der Waals surface area contributed by atoms with E-state index in [1.165, 1.54) is 19.2 Å². The molecular formula is C35H29ClF3N3O4. The third-order valence-electron chi connectivity index (χ3n) is 8.75. The predicted octanol–water partition coefficient (Wildman–Crippen LogP) is 7.67. The topological polar surface area (TPSA) is 75.5 Å². The molecule has 0 spiro atoms. The summed E-state index contributed by atoms with van der Waals surface area (Å²) in [6.07, 6.45) is 2.13. The fraction of sp³-hybridized carbons (Fsp3) is 0.286. The highest BCUT2D eigenvalue weighted by molar-refractivity contribution is 6.30. The van der Waals surface area contributed by atoms with Crippen molar-refractivity contribution in [2.24, 2.45) is 5.41 Å². The molecule has 46 heavy (non-hydrogen) atoms. The molecule has 3 aromatic carbocycles. The SMILES string of the molecule is COC(=O)c1ccc2nc(Cc3c(F)cc(-c4cccc(OCc5ccc(Cl)cc5F)n4)c4c3CCO4)n(CC3(CF)CC3)c2c1. The van der Waals surface area contributed by atoms with Gasteiger partial charge in [0.25, 0.3) is 0 Å². The van der Waals surface area contributed by atoms with Crippen molar-refractivity contribution in [3.8, 4) is 22.9 Å². The minimum Gasteiger partial charge on any atom is -0.492 e. The molecule has 5 aromatic rings. The molecule has 7 rings (SSSR count). The van der Waals surface area contributed by atoms with Crippen LogP contribution >= 0.6 is 11.6 Å². The van der Waals surface area contributed by atoms with Crippen LogP contribution in [-0.4, -0.2) is 40.9 Å². The number of halogens is 4. The Balaban J connectivity index is 1.23. The number of rotatable bonds is 10. The zero-order valence-electron chi connectivity index (χ0n) is 24.9. The zero-order chi connectivity index (χ0) is 32.0. The summed E-state index contributed by atoms with van der Waals surface area (Å²) in [5, 5.41) is 0.289. The smallest absolute Gasteiger partial charge is 0.337 e. The molecule has 3 heterocycles. The first-order chi connectivity index (χ1) is 22.3. The Morgan fingerprint density at radius 3 is 2.67 bits per heavy atom. The van der Waals surface area contributed by atoms with Crippen LogP contribution < -0.4 is 9.47 Å². The number of ether oxygens (including phenoxy) is 3. The van der Waals surface area contributed by atoms with Gasteiger partial charge in [0.15, 0.2) is 0 Å². The van der Waals surface area contributed by atoms with E-state index in [0.29, 0.717) is 75.7 Å². The number of pyridine rings is 1. The van der Waals surface area contributed by atoms with Gasteiger partial charge in [-0.3, -0.25) is 4.39 Å². The summed E-state index contributed by atoms with van der Waals surface area (Å²) >= 11 is 5.85. The summed E-state index contributed by atoms with van der Waals surface area (Å²) in [6, 6.07) is 15.9. The van der Waals surface area contributed by atoms with E-state index < -0.39 is 29.7 Å². The number of esters is 1. The first-order valence-electron chi connectivity index (χ1n) is 14.9. The summed E-state index contributed by atoms with van der Waals surface area (Å²) in [5.74, 6) is -0.0778. The van der Waals surface area contributed by atoms with Crippen molar-refractivity contribution in [3.05, 3.63) is 105 Å². The van der Waals surface area contributed by atoms with Gasteiger partial charge in [-0.2, -0.15) is 0 Å². The molecule has 11 heteroatoms. The van der Waals surface area contributed by atoms with Gasteiger partial charge in [-0.25, -0.2) is 23.5 Å². The predicted molar refractivity (Wildman–Crippen MR) is 166 cm³/mol. The molecule has 0 bridgehead atoms. The third kappa shape index (κ3) is 5.66. The number of methoxy groups -OCH3 is 1. The Morgan fingerprint density at radius 2 is 1.91 bits per heavy atom. The molecule has 2 aromatic heterocycles. The standard InChI is InChI=1S/C35H29ClF3N3O4/c1-44-34(43)20-6-8-29-30(13-20)42(19-35(18-37)10-11-35)31(40-29)16-24-23-9-12-45-33(23)25(15-27(24)39)28-3-2-4-32(41-28)46-17-21-5-7-22(36)14-26(21)38/h2-8,13-15H,9-12,16-19H2,1H3. The highest BCUT2D eigenvalue weighted by Gasteiger charge is 2.44. The van der Waals surface area contributed by atoms with E-state index in [1.807, 2.05) is 4.57 Å². The number of fused-ring (bicyclic) bond motifs is 2. The number of benzene rings is 3. The lowest BCUT2D eigenvalue weighted by Crippen LogP contribution is -2.17. The van der Waals surface area contributed by atoms with Crippen LogP contribution in [0.5, 0.6) is 11.6 Å². The lowest BCUT2D eigenvalue weighted by molar-refractivity contribution is 0.0601. The van der Waals surface area contributed by atoms with Crippen LogP contribution in [0.2, 0.25) is 5.02 Å². The second kappa shape index (κ2) is 12.0. The number of hydrogen-bond donors (Lipinski definition) is 0. The third-order valence-corrected chi connectivity index (χ3v) is 8.98. The van der Waals surface area contributed by atoms with E-state index >= 15 is 4.39 Å². The molecule has 0 atom stereocenters. The molecule has 2 aliphatic rings. The monoisotopic (exact) mass is 647 g/mol. The van der Waals surface area contributed by atoms with Gasteiger partial charge in [0, 0.05) is 58.1 Å². The minimum atomic E-state index is -0.491. The molecule has 0 radical (unpaired) electrons. The number of carbonyl (C=O) groups is 1. The van der Waals surface area contributed by atoms with Crippen molar-refractivity contribution in [3.63, 3.8) is 0 Å². The van der Waals surface area contributed by atoms with E-state index in [0.717, 1.165) is 12.8 Å². The van der Waals surface area contributed by atoms with Gasteiger partial charge in [0.2, 0.25) is 5.88 Å². The number of alkyl halides is 1. The minimum absolute atomic E-state index is 0.0623. The van der Waals surface area contributed by atoms with E-state index in [1.54, 1.807) is 48.5 Å². The molecule has 1 saturated carbocycles. The Kier molecular flexibility index (Phi) is 7.84. The van der Waals surface area contributed by atoms with E-state index in [2.05, 4.69) is 4.98 Å². The van der Waals surface area contributed by atoms with Crippen LogP contribution in [0, 0.1) is 17.0 Å². The Morgan fingerprint density at radius 1 is 1.07 bits per heavy atom. The first kappa shape index (κ1) is 30.1. The largest absolute Gasteiger partial charge is 0.492 e. The van der Waals surface area contributed by atoms with E-state index in [-0.39, 0.29) is 23.9 Å². The average Bonchev–Trinajstić information content (AvgIpc) is 3.52. The Bertz CT molecular complexity index is 1990. The van der Waals surface area contributed by atoms with Gasteiger partial charge in [0.05, 0.1) is 42.7 Å². The summed E-state index contributed by atoms with van der Waals surface area (Å²) in [5.41, 5.74) is 3.56. The summed E-state index contributed by atoms with van der Waals surface area (Å²) in [7, 11) is 1.31. The molecule has 0 saturated heterocycles. The molecule has 1 aliphatic carbocycles. The van der Waals surface area contributed by atoms with Crippen LogP contribution in [-0.2, 0) is 30.7 Å². The van der Waals surface area contributed by atoms with Gasteiger partial charge in [-0.1, -0.05) is 23.7 Å². The second-order valence-corrected chi connectivity index (χ2v) is 12.2. The maximum absolute atomic E-state index is 16.1. The lowest BCUT2D eigenvalue weighted by Gasteiger charge is -2.17. The van der Waals surface area contributed by atoms with E-state index in [4.69, 9.17) is 30.8 Å². The summed E-state index contributed by atoms with van der Waals surface area (Å²) < 4.78 is 63.0. The van der Waals surface area contributed by atoms with Gasteiger partial charge < -0.3 is 18.8 Å². The number of aromatic nitrogens is 3. The van der Waals surface area contributed by atoms with Gasteiger partial charge in [-0.05, 0) is 55.3 Å². The highest BCUT2D eigenvalue weighted by atomic mass is 35.5. The Labute approximate surface area is 267 Å². The normalized spacial score (nSPS) is 14.6. The van der Waals surface area contributed by atoms with Crippen molar-refractivity contribution >= 4 is 28.6 Å². The molecule has 0 N–H and O–H groups in total. The van der Waals surface area contributed by atoms with Crippen LogP contribution in [0.25, 0.3) is 22.3 Å². The van der Waals surface area contributed by atoms with Crippen LogP contribution in [0.15, 0.2) is 60.7 Å². The van der Waals surface area contributed by atoms with Crippen molar-refractivity contribution in [2.45, 2.75) is 38.8 Å². The fourth-order valence-electron chi connectivity index (χ4n) is 5.96. The second-order valence-electron chi connectivity index (χ2n) is 11.8. The summed E-state index contributed by atoms with van der Waals surface area (Å²) in [6.45, 7) is 0.205. The first-order valence-corrected chi connectivity index (χ1v) is 15.3. The molecular weight excluding hydrogens is 619 g/mol. The molecule has 1 fully saturated rings. The van der Waals surface area contributed by atoms with Crippen molar-refractivity contribution in [1.82, 2.24) is 14.5 Å². The van der Waals surface area contributed by atoms with Gasteiger partial charge in [-0.15, -0.1) is 0 Å². The van der Waals surface area contributed by atoms with Crippen molar-refractivity contribution < 1.29 is 32.2 Å². The summed E-state index contributed by atoms with van der Waals surface area (Å²) in [4.78, 5) is 21.7. The lowest BCUT2D eigenvalue weighted by atomic mass is 9.96. The quantitative estimate of drug-likeness (QED) is 0.145. The van der Waals surface area contributed by atoms with Crippen molar-refractivity contribution in [2.75, 3.05) is 20.4 Å². The number of nitrogens with zero attached hydrogens (tertiary/aromatic N) is 3. The highest BCUT2D eigenvalue weighted by Crippen LogP contribution is 2.48. The van der Waals surface area contributed by atoms with Crippen LogP contribution in [0.1, 0.15) is 45.7 Å². The zero-order valence-corrected chi connectivity index (χ0v) is 25.7. The van der Waals surface area contributed by atoms with Crippen LogP contribution in [0.4, 0.5) is 13.2 Å². The average molecular weight is 648 g/mol. The van der Waals surface area contributed by atoms with Gasteiger partial charge in [0.1, 0.15) is 29.8 Å². The molecule has 1 aliphatic heterocycles. The molecule has 0 unspecified atom stereocenters. The van der Waals surface area contributed by atoms with E-state index in [9.17, 15) is 13.6 Å². The fourth-order valence-corrected chi connectivity index (χ4v) is 6.12. The van der Waals surface area contributed by atoms with Crippen molar-refractivity contribution in [1.29, 1.82) is 0 Å². The number of imidazole rings is 1. The van der Waals surface area contributed by atoms with Crippen LogP contribution in [0.3, 0.4) is 0 Å². The molecule has 0 amide bonds.